The third-order valence-electron chi connectivity index (χ3n) is 5.18. The number of aromatic nitrogens is 2. The molecule has 0 spiro atoms. The second-order valence-corrected chi connectivity index (χ2v) is 10.2. The Morgan fingerprint density at radius 2 is 1.71 bits per heavy atom. The van der Waals surface area contributed by atoms with Gasteiger partial charge in [0, 0.05) is 18.2 Å². The number of hydrogen-bond acceptors (Lipinski definition) is 6. The van der Waals surface area contributed by atoms with Crippen molar-refractivity contribution >= 4 is 27.0 Å². The first-order valence-electron chi connectivity index (χ1n) is 10.9. The van der Waals surface area contributed by atoms with E-state index in [1.165, 1.54) is 0 Å². The van der Waals surface area contributed by atoms with Gasteiger partial charge in [-0.15, -0.1) is 0 Å². The summed E-state index contributed by atoms with van der Waals surface area (Å²) in [5.74, 6) is -0.370. The molecule has 8 nitrogen and oxygen atoms in total. The lowest BCUT2D eigenvalue weighted by Gasteiger charge is -2.11. The Hall–Kier alpha value is -3.56. The summed E-state index contributed by atoms with van der Waals surface area (Å²) in [5.41, 5.74) is 4.34. The summed E-state index contributed by atoms with van der Waals surface area (Å²) in [6, 6.07) is 18.3. The number of rotatable bonds is 8. The maximum Gasteiger partial charge on any atom is 0.259 e. The minimum Gasteiger partial charge on any atom is -0.348 e. The fourth-order valence-corrected chi connectivity index (χ4v) is 5.11. The highest BCUT2D eigenvalue weighted by Crippen LogP contribution is 2.27. The molecule has 0 saturated heterocycles. The molecule has 0 aliphatic carbocycles. The van der Waals surface area contributed by atoms with E-state index in [4.69, 9.17) is 4.52 Å². The molecule has 1 amide bonds. The van der Waals surface area contributed by atoms with Crippen LogP contribution >= 0.6 is 0 Å². The van der Waals surface area contributed by atoms with Crippen LogP contribution in [0.5, 0.6) is 0 Å². The van der Waals surface area contributed by atoms with Crippen LogP contribution in [0.25, 0.3) is 22.4 Å². The number of nitrogens with zero attached hydrogens (tertiary/aromatic N) is 2. The van der Waals surface area contributed by atoms with Gasteiger partial charge in [-0.1, -0.05) is 59.8 Å². The van der Waals surface area contributed by atoms with Gasteiger partial charge < -0.3 is 9.84 Å². The number of nitrogens with one attached hydrogen (secondary N) is 2. The van der Waals surface area contributed by atoms with Crippen molar-refractivity contribution in [3.63, 3.8) is 0 Å². The summed E-state index contributed by atoms with van der Waals surface area (Å²) in [7, 11) is -3.40. The van der Waals surface area contributed by atoms with Gasteiger partial charge in [0.2, 0.25) is 10.0 Å². The lowest BCUT2D eigenvalue weighted by Crippen LogP contribution is -2.31. The highest BCUT2D eigenvalue weighted by Gasteiger charge is 2.19. The van der Waals surface area contributed by atoms with Crippen molar-refractivity contribution in [3.05, 3.63) is 83.0 Å². The molecule has 34 heavy (non-hydrogen) atoms. The van der Waals surface area contributed by atoms with Crippen molar-refractivity contribution in [2.24, 2.45) is 0 Å². The van der Waals surface area contributed by atoms with E-state index in [0.29, 0.717) is 33.6 Å². The number of fused-ring (bicyclic) bond motifs is 1. The average molecular weight is 479 g/mol. The van der Waals surface area contributed by atoms with E-state index < -0.39 is 10.0 Å². The van der Waals surface area contributed by atoms with Crippen LogP contribution in [0, 0.1) is 6.92 Å². The molecule has 0 fully saturated rings. The summed E-state index contributed by atoms with van der Waals surface area (Å²) >= 11 is 0. The first-order chi connectivity index (χ1) is 16.2. The molecule has 2 heterocycles. The summed E-state index contributed by atoms with van der Waals surface area (Å²) < 4.78 is 32.2. The predicted molar refractivity (Wildman–Crippen MR) is 130 cm³/mol. The predicted octanol–water partition coefficient (Wildman–Crippen LogP) is 3.96. The van der Waals surface area contributed by atoms with Crippen molar-refractivity contribution in [3.8, 4) is 11.3 Å². The number of sulfonamides is 1. The van der Waals surface area contributed by atoms with Crippen LogP contribution in [0.3, 0.4) is 0 Å². The monoisotopic (exact) mass is 478 g/mol. The Morgan fingerprint density at radius 1 is 1.03 bits per heavy atom. The van der Waals surface area contributed by atoms with Gasteiger partial charge in [0.1, 0.15) is 0 Å². The van der Waals surface area contributed by atoms with Crippen LogP contribution < -0.4 is 10.0 Å². The van der Waals surface area contributed by atoms with Crippen molar-refractivity contribution < 1.29 is 17.7 Å². The van der Waals surface area contributed by atoms with E-state index in [0.717, 1.165) is 11.1 Å². The second-order valence-electron chi connectivity index (χ2n) is 8.40. The summed E-state index contributed by atoms with van der Waals surface area (Å²) in [6.07, 6.45) is 0. The number of hydrogen-bond donors (Lipinski definition) is 2. The number of carbonyl (C=O) groups excluding carboxylic acids is 1. The Morgan fingerprint density at radius 3 is 2.38 bits per heavy atom. The van der Waals surface area contributed by atoms with Gasteiger partial charge in [0.05, 0.1) is 28.1 Å². The fraction of sp³-hybridized carbons (Fsp3) is 0.240. The van der Waals surface area contributed by atoms with Crippen LogP contribution in [0.1, 0.15) is 41.0 Å². The lowest BCUT2D eigenvalue weighted by atomic mass is 10.0. The molecule has 0 saturated carbocycles. The fourth-order valence-electron chi connectivity index (χ4n) is 3.68. The minimum absolute atomic E-state index is 0.0954. The number of aryl methyl sites for hydroxylation is 1. The van der Waals surface area contributed by atoms with Gasteiger partial charge >= 0.3 is 0 Å². The van der Waals surface area contributed by atoms with E-state index in [1.807, 2.05) is 42.5 Å². The smallest absolute Gasteiger partial charge is 0.259 e. The van der Waals surface area contributed by atoms with Gasteiger partial charge in [0.15, 0.2) is 0 Å². The molecular formula is C25H26N4O4S. The Kier molecular flexibility index (Phi) is 6.76. The SMILES string of the molecule is Cc1noc2nc(-c3ccccc3)cc(C(=O)NCc3ccc(CS(=O)(=O)NC(C)C)cc3)c12. The van der Waals surface area contributed by atoms with Crippen molar-refractivity contribution in [1.29, 1.82) is 0 Å². The molecule has 9 heteroatoms. The van der Waals surface area contributed by atoms with Crippen LogP contribution in [0.15, 0.2) is 65.2 Å². The van der Waals surface area contributed by atoms with E-state index >= 15 is 0 Å². The Balaban J connectivity index is 1.51. The largest absolute Gasteiger partial charge is 0.348 e. The molecule has 176 valence electrons. The van der Waals surface area contributed by atoms with Crippen molar-refractivity contribution in [1.82, 2.24) is 20.2 Å². The van der Waals surface area contributed by atoms with Crippen molar-refractivity contribution in [2.75, 3.05) is 0 Å². The molecule has 0 unspecified atom stereocenters. The minimum atomic E-state index is -3.40. The molecule has 0 aliphatic rings. The Bertz CT molecular complexity index is 1410. The van der Waals surface area contributed by atoms with Crippen LogP contribution in [0.2, 0.25) is 0 Å². The van der Waals surface area contributed by atoms with Crippen molar-refractivity contribution in [2.45, 2.75) is 39.1 Å². The van der Waals surface area contributed by atoms with Gasteiger partial charge in [-0.25, -0.2) is 18.1 Å². The Labute approximate surface area is 198 Å². The normalized spacial score (nSPS) is 11.8. The zero-order valence-corrected chi connectivity index (χ0v) is 20.0. The maximum absolute atomic E-state index is 13.1. The third-order valence-corrected chi connectivity index (χ3v) is 6.72. The highest BCUT2D eigenvalue weighted by molar-refractivity contribution is 7.88. The van der Waals surface area contributed by atoms with E-state index in [1.54, 1.807) is 39.0 Å². The standard InChI is InChI=1S/C25H26N4O4S/c1-16(2)29-34(31,32)15-19-11-9-18(10-12-19)14-26-24(30)21-13-22(20-7-5-4-6-8-20)27-25-23(21)17(3)28-33-25/h4-13,16,29H,14-15H2,1-3H3,(H,26,30). The molecule has 0 radical (unpaired) electrons. The number of amides is 1. The van der Waals surface area contributed by atoms with Gasteiger partial charge in [0.25, 0.3) is 11.6 Å². The van der Waals surface area contributed by atoms with Crippen LogP contribution in [-0.2, 0) is 22.3 Å². The average Bonchev–Trinajstić information content (AvgIpc) is 3.18. The summed E-state index contributed by atoms with van der Waals surface area (Å²) in [5, 5.41) is 7.49. The first-order valence-corrected chi connectivity index (χ1v) is 12.6. The lowest BCUT2D eigenvalue weighted by molar-refractivity contribution is 0.0952. The zero-order valence-electron chi connectivity index (χ0n) is 19.2. The van der Waals surface area contributed by atoms with E-state index in [9.17, 15) is 13.2 Å². The maximum atomic E-state index is 13.1. The molecule has 4 aromatic rings. The summed E-state index contributed by atoms with van der Waals surface area (Å²) in [6.45, 7) is 5.62. The highest BCUT2D eigenvalue weighted by atomic mass is 32.2. The summed E-state index contributed by atoms with van der Waals surface area (Å²) in [4.78, 5) is 17.6. The van der Waals surface area contributed by atoms with Gasteiger partial charge in [-0.3, -0.25) is 4.79 Å². The molecule has 0 atom stereocenters. The number of benzene rings is 2. The third kappa shape index (κ3) is 5.49. The number of carbonyl (C=O) groups is 1. The van der Waals surface area contributed by atoms with Crippen LogP contribution in [0.4, 0.5) is 0 Å². The second kappa shape index (κ2) is 9.74. The molecule has 0 bridgehead atoms. The molecule has 0 aliphatic heterocycles. The zero-order chi connectivity index (χ0) is 24.3. The van der Waals surface area contributed by atoms with Gasteiger partial charge in [-0.2, -0.15) is 0 Å². The topological polar surface area (TPSA) is 114 Å². The molecular weight excluding hydrogens is 452 g/mol. The quantitative estimate of drug-likeness (QED) is 0.396. The van der Waals surface area contributed by atoms with E-state index in [-0.39, 0.29) is 24.2 Å². The first kappa shape index (κ1) is 23.6. The molecule has 2 aromatic carbocycles. The van der Waals surface area contributed by atoms with Crippen LogP contribution in [-0.4, -0.2) is 30.5 Å². The van der Waals surface area contributed by atoms with E-state index in [2.05, 4.69) is 20.2 Å². The molecule has 2 N–H and O–H groups in total. The number of pyridine rings is 1. The molecule has 4 rings (SSSR count). The molecule has 2 aromatic heterocycles. The van der Waals surface area contributed by atoms with Gasteiger partial charge in [-0.05, 0) is 38.0 Å².